The van der Waals surface area contributed by atoms with Gasteiger partial charge >= 0.3 is 5.97 Å². The fourth-order valence-corrected chi connectivity index (χ4v) is 1.77. The molecule has 19 heavy (non-hydrogen) atoms. The van der Waals surface area contributed by atoms with Gasteiger partial charge in [0.25, 0.3) is 0 Å². The summed E-state index contributed by atoms with van der Waals surface area (Å²) in [5, 5.41) is 8.83. The molecule has 0 radical (unpaired) electrons. The van der Waals surface area contributed by atoms with E-state index in [4.69, 9.17) is 9.84 Å². The van der Waals surface area contributed by atoms with Crippen molar-refractivity contribution in [1.29, 1.82) is 0 Å². The van der Waals surface area contributed by atoms with E-state index in [-0.39, 0.29) is 5.56 Å². The van der Waals surface area contributed by atoms with Gasteiger partial charge < -0.3 is 9.84 Å². The number of ether oxygens (including phenoxy) is 1. The Labute approximate surface area is 114 Å². The van der Waals surface area contributed by atoms with Crippen LogP contribution in [-0.2, 0) is 11.3 Å². The normalized spacial score (nSPS) is 12.6. The summed E-state index contributed by atoms with van der Waals surface area (Å²) in [6.45, 7) is 6.54. The second-order valence-electron chi connectivity index (χ2n) is 4.56. The van der Waals surface area contributed by atoms with Crippen molar-refractivity contribution in [2.24, 2.45) is 0 Å². The second-order valence-corrected chi connectivity index (χ2v) is 4.56. The minimum Gasteiger partial charge on any atom is -0.478 e. The van der Waals surface area contributed by atoms with Gasteiger partial charge in [0.05, 0.1) is 17.9 Å². The number of carbonyl (C=O) groups is 1. The zero-order valence-electron chi connectivity index (χ0n) is 11.8. The number of pyridine rings is 1. The van der Waals surface area contributed by atoms with Crippen molar-refractivity contribution >= 4 is 5.97 Å². The maximum atomic E-state index is 10.8. The quantitative estimate of drug-likeness (QED) is 0.780. The van der Waals surface area contributed by atoms with Gasteiger partial charge in [-0.3, -0.25) is 9.88 Å². The second kappa shape index (κ2) is 7.86. The maximum absolute atomic E-state index is 10.8. The first-order chi connectivity index (χ1) is 9.08. The van der Waals surface area contributed by atoms with E-state index in [1.54, 1.807) is 19.2 Å². The molecule has 1 N–H and O–H groups in total. The maximum Gasteiger partial charge on any atom is 0.337 e. The van der Waals surface area contributed by atoms with Gasteiger partial charge in [0, 0.05) is 32.4 Å². The van der Waals surface area contributed by atoms with Crippen LogP contribution in [0, 0.1) is 0 Å². The fourth-order valence-electron chi connectivity index (χ4n) is 1.77. The van der Waals surface area contributed by atoms with Crippen molar-refractivity contribution in [2.75, 3.05) is 20.3 Å². The molecular formula is C14H22N2O3. The van der Waals surface area contributed by atoms with Gasteiger partial charge in [0.2, 0.25) is 0 Å². The van der Waals surface area contributed by atoms with Gasteiger partial charge in [-0.05, 0) is 25.5 Å². The molecule has 0 amide bonds. The van der Waals surface area contributed by atoms with Gasteiger partial charge in [0.15, 0.2) is 0 Å². The predicted molar refractivity (Wildman–Crippen MR) is 73.2 cm³/mol. The van der Waals surface area contributed by atoms with Gasteiger partial charge in [-0.25, -0.2) is 4.79 Å². The monoisotopic (exact) mass is 266 g/mol. The van der Waals surface area contributed by atoms with E-state index < -0.39 is 5.97 Å². The first kappa shape index (κ1) is 15.6. The molecule has 0 aliphatic rings. The average molecular weight is 266 g/mol. The summed E-state index contributed by atoms with van der Waals surface area (Å²) in [5.74, 6) is -0.947. The molecular weight excluding hydrogens is 244 g/mol. The van der Waals surface area contributed by atoms with Crippen molar-refractivity contribution < 1.29 is 14.6 Å². The Balaban J connectivity index is 2.69. The summed E-state index contributed by atoms with van der Waals surface area (Å²) in [4.78, 5) is 17.2. The van der Waals surface area contributed by atoms with Crippen molar-refractivity contribution in [3.05, 3.63) is 29.6 Å². The standard InChI is InChI=1S/C14H22N2O3/c1-4-11(2)16(7-8-19-3)10-13-6-5-12(9-15-13)14(17)18/h5-6,9,11H,4,7-8,10H2,1-3H3,(H,17,18). The fraction of sp³-hybridized carbons (Fsp3) is 0.571. The lowest BCUT2D eigenvalue weighted by atomic mass is 10.2. The first-order valence-electron chi connectivity index (χ1n) is 6.49. The Kier molecular flexibility index (Phi) is 6.45. The molecule has 106 valence electrons. The predicted octanol–water partition coefficient (Wildman–Crippen LogP) is 2.03. The van der Waals surface area contributed by atoms with Crippen molar-refractivity contribution in [3.63, 3.8) is 0 Å². The third kappa shape index (κ3) is 4.96. The molecule has 0 saturated carbocycles. The highest BCUT2D eigenvalue weighted by atomic mass is 16.5. The summed E-state index contributed by atoms with van der Waals surface area (Å²) in [6.07, 6.45) is 2.46. The molecule has 0 aliphatic carbocycles. The summed E-state index contributed by atoms with van der Waals surface area (Å²) in [6, 6.07) is 3.80. The minimum atomic E-state index is -0.947. The number of hydrogen-bond donors (Lipinski definition) is 1. The molecule has 5 heteroatoms. The number of carboxylic acid groups (broad SMARTS) is 1. The largest absolute Gasteiger partial charge is 0.478 e. The SMILES string of the molecule is CCC(C)N(CCOC)Cc1ccc(C(=O)O)cn1. The van der Waals surface area contributed by atoms with Crippen LogP contribution < -0.4 is 0 Å². The number of aromatic nitrogens is 1. The topological polar surface area (TPSA) is 62.7 Å². The molecule has 0 fully saturated rings. The van der Waals surface area contributed by atoms with Crippen LogP contribution in [0.1, 0.15) is 36.3 Å². The van der Waals surface area contributed by atoms with Crippen LogP contribution >= 0.6 is 0 Å². The molecule has 0 bridgehead atoms. The van der Waals surface area contributed by atoms with Crippen LogP contribution in [0.5, 0.6) is 0 Å². The number of nitrogens with zero attached hydrogens (tertiary/aromatic N) is 2. The zero-order valence-corrected chi connectivity index (χ0v) is 11.8. The summed E-state index contributed by atoms with van der Waals surface area (Å²) >= 11 is 0. The molecule has 1 atom stereocenters. The van der Waals surface area contributed by atoms with Crippen molar-refractivity contribution in [2.45, 2.75) is 32.9 Å². The van der Waals surface area contributed by atoms with Gasteiger partial charge in [-0.15, -0.1) is 0 Å². The summed E-state index contributed by atoms with van der Waals surface area (Å²) in [7, 11) is 1.69. The van der Waals surface area contributed by atoms with E-state index in [0.29, 0.717) is 19.2 Å². The third-order valence-corrected chi connectivity index (χ3v) is 3.23. The Morgan fingerprint density at radius 2 is 2.26 bits per heavy atom. The highest BCUT2D eigenvalue weighted by Crippen LogP contribution is 2.09. The van der Waals surface area contributed by atoms with Crippen LogP contribution in [0.25, 0.3) is 0 Å². The highest BCUT2D eigenvalue weighted by molar-refractivity contribution is 5.87. The molecule has 1 aromatic rings. The van der Waals surface area contributed by atoms with Crippen LogP contribution in [0.3, 0.4) is 0 Å². The summed E-state index contributed by atoms with van der Waals surface area (Å²) in [5.41, 5.74) is 1.09. The minimum absolute atomic E-state index is 0.218. The average Bonchev–Trinajstić information content (AvgIpc) is 2.43. The molecule has 1 heterocycles. The number of carboxylic acids is 1. The summed E-state index contributed by atoms with van der Waals surface area (Å²) < 4.78 is 5.12. The molecule has 0 aliphatic heterocycles. The first-order valence-corrected chi connectivity index (χ1v) is 6.49. The Hall–Kier alpha value is -1.46. The number of methoxy groups -OCH3 is 1. The lowest BCUT2D eigenvalue weighted by Gasteiger charge is -2.27. The van der Waals surface area contributed by atoms with E-state index in [2.05, 4.69) is 23.7 Å². The van der Waals surface area contributed by atoms with Crippen LogP contribution in [-0.4, -0.2) is 47.3 Å². The van der Waals surface area contributed by atoms with Crippen LogP contribution in [0.4, 0.5) is 0 Å². The van der Waals surface area contributed by atoms with E-state index in [1.807, 2.05) is 0 Å². The number of rotatable bonds is 8. The van der Waals surface area contributed by atoms with Crippen molar-refractivity contribution in [1.82, 2.24) is 9.88 Å². The number of aromatic carboxylic acids is 1. The smallest absolute Gasteiger partial charge is 0.337 e. The van der Waals surface area contributed by atoms with E-state index in [1.165, 1.54) is 6.20 Å². The Morgan fingerprint density at radius 1 is 1.53 bits per heavy atom. The molecule has 1 unspecified atom stereocenters. The molecule has 0 saturated heterocycles. The molecule has 1 aromatic heterocycles. The molecule has 5 nitrogen and oxygen atoms in total. The number of hydrogen-bond acceptors (Lipinski definition) is 4. The zero-order chi connectivity index (χ0) is 14.3. The van der Waals surface area contributed by atoms with Gasteiger partial charge in [-0.2, -0.15) is 0 Å². The Bertz CT molecular complexity index is 392. The Morgan fingerprint density at radius 3 is 2.74 bits per heavy atom. The molecule has 1 rings (SSSR count). The lowest BCUT2D eigenvalue weighted by molar-refractivity contribution is 0.0696. The van der Waals surface area contributed by atoms with Crippen molar-refractivity contribution in [3.8, 4) is 0 Å². The lowest BCUT2D eigenvalue weighted by Crippen LogP contribution is -2.35. The molecule has 0 aromatic carbocycles. The van der Waals surface area contributed by atoms with E-state index in [0.717, 1.165) is 18.7 Å². The van der Waals surface area contributed by atoms with Gasteiger partial charge in [-0.1, -0.05) is 6.92 Å². The van der Waals surface area contributed by atoms with Gasteiger partial charge in [0.1, 0.15) is 0 Å². The molecule has 0 spiro atoms. The van der Waals surface area contributed by atoms with Crippen LogP contribution in [0.2, 0.25) is 0 Å². The third-order valence-electron chi connectivity index (χ3n) is 3.23. The highest BCUT2D eigenvalue weighted by Gasteiger charge is 2.13. The van der Waals surface area contributed by atoms with E-state index in [9.17, 15) is 4.79 Å². The van der Waals surface area contributed by atoms with E-state index >= 15 is 0 Å². The van der Waals surface area contributed by atoms with Crippen LogP contribution in [0.15, 0.2) is 18.3 Å².